The zero-order valence-corrected chi connectivity index (χ0v) is 13.4. The summed E-state index contributed by atoms with van der Waals surface area (Å²) in [6, 6.07) is 11.8. The summed E-state index contributed by atoms with van der Waals surface area (Å²) in [6.07, 6.45) is 5.30. The number of rotatable bonds is 4. The predicted molar refractivity (Wildman–Crippen MR) is 84.8 cm³/mol. The summed E-state index contributed by atoms with van der Waals surface area (Å²) < 4.78 is 5.55. The van der Waals surface area contributed by atoms with Gasteiger partial charge in [0.05, 0.1) is 6.10 Å². The summed E-state index contributed by atoms with van der Waals surface area (Å²) in [7, 11) is 1.84. The standard InChI is InChI=1S/C18H29NO/c1-18(2,3)17(14-9-6-5-7-10-14)19-15-11-8-12-16(13-15)20-4/h5-7,9-10,15-17,19H,8,11-13H2,1-4H3. The van der Waals surface area contributed by atoms with Crippen LogP contribution in [0.2, 0.25) is 0 Å². The van der Waals surface area contributed by atoms with Crippen LogP contribution in [0.4, 0.5) is 0 Å². The third-order valence-electron chi connectivity index (χ3n) is 4.36. The lowest BCUT2D eigenvalue weighted by Gasteiger charge is -2.38. The third kappa shape index (κ3) is 4.07. The summed E-state index contributed by atoms with van der Waals surface area (Å²) in [5, 5.41) is 3.90. The molecule has 1 N–H and O–H groups in total. The van der Waals surface area contributed by atoms with Crippen molar-refractivity contribution in [3.8, 4) is 0 Å². The molecule has 1 aromatic carbocycles. The van der Waals surface area contributed by atoms with Crippen molar-refractivity contribution in [2.45, 2.75) is 64.6 Å². The fourth-order valence-corrected chi connectivity index (χ4v) is 3.24. The molecule has 0 aromatic heterocycles. The first-order valence-corrected chi connectivity index (χ1v) is 7.84. The minimum Gasteiger partial charge on any atom is -0.381 e. The Balaban J connectivity index is 2.09. The molecule has 3 atom stereocenters. The molecule has 1 aliphatic rings. The Morgan fingerprint density at radius 1 is 1.15 bits per heavy atom. The van der Waals surface area contributed by atoms with Crippen LogP contribution in [-0.2, 0) is 4.74 Å². The highest BCUT2D eigenvalue weighted by atomic mass is 16.5. The van der Waals surface area contributed by atoms with Gasteiger partial charge in [0.2, 0.25) is 0 Å². The van der Waals surface area contributed by atoms with Gasteiger partial charge in [-0.3, -0.25) is 0 Å². The first-order valence-electron chi connectivity index (χ1n) is 7.84. The summed E-state index contributed by atoms with van der Waals surface area (Å²) in [5.41, 5.74) is 1.60. The lowest BCUT2D eigenvalue weighted by atomic mass is 9.80. The highest BCUT2D eigenvalue weighted by Gasteiger charge is 2.30. The Morgan fingerprint density at radius 2 is 1.85 bits per heavy atom. The molecule has 1 fully saturated rings. The molecule has 20 heavy (non-hydrogen) atoms. The van der Waals surface area contributed by atoms with Gasteiger partial charge in [-0.05, 0) is 36.7 Å². The molecule has 0 spiro atoms. The van der Waals surface area contributed by atoms with Gasteiger partial charge in [0, 0.05) is 19.2 Å². The van der Waals surface area contributed by atoms with Gasteiger partial charge in [-0.15, -0.1) is 0 Å². The highest BCUT2D eigenvalue weighted by molar-refractivity contribution is 5.21. The second kappa shape index (κ2) is 6.73. The maximum atomic E-state index is 5.55. The largest absolute Gasteiger partial charge is 0.381 e. The first-order chi connectivity index (χ1) is 9.50. The van der Waals surface area contributed by atoms with Crippen molar-refractivity contribution in [2.24, 2.45) is 5.41 Å². The fourth-order valence-electron chi connectivity index (χ4n) is 3.24. The smallest absolute Gasteiger partial charge is 0.0586 e. The van der Waals surface area contributed by atoms with Crippen LogP contribution in [0, 0.1) is 5.41 Å². The Morgan fingerprint density at radius 3 is 2.45 bits per heavy atom. The number of ether oxygens (including phenoxy) is 1. The molecule has 0 amide bonds. The van der Waals surface area contributed by atoms with E-state index in [1.165, 1.54) is 24.8 Å². The third-order valence-corrected chi connectivity index (χ3v) is 4.36. The van der Waals surface area contributed by atoms with E-state index in [1.54, 1.807) is 0 Å². The quantitative estimate of drug-likeness (QED) is 0.883. The molecular formula is C18H29NO. The van der Waals surface area contributed by atoms with Crippen molar-refractivity contribution in [3.05, 3.63) is 35.9 Å². The van der Waals surface area contributed by atoms with Crippen LogP contribution in [0.5, 0.6) is 0 Å². The van der Waals surface area contributed by atoms with E-state index in [4.69, 9.17) is 4.74 Å². The molecule has 0 radical (unpaired) electrons. The summed E-state index contributed by atoms with van der Waals surface area (Å²) in [5.74, 6) is 0. The normalized spacial score (nSPS) is 25.4. The number of benzene rings is 1. The summed E-state index contributed by atoms with van der Waals surface area (Å²) in [6.45, 7) is 6.94. The van der Waals surface area contributed by atoms with E-state index in [0.29, 0.717) is 18.2 Å². The molecule has 2 rings (SSSR count). The molecule has 0 bridgehead atoms. The minimum absolute atomic E-state index is 0.210. The number of hydrogen-bond acceptors (Lipinski definition) is 2. The molecule has 1 saturated carbocycles. The van der Waals surface area contributed by atoms with E-state index >= 15 is 0 Å². The van der Waals surface area contributed by atoms with Crippen LogP contribution in [0.1, 0.15) is 58.1 Å². The summed E-state index contributed by atoms with van der Waals surface area (Å²) in [4.78, 5) is 0. The van der Waals surface area contributed by atoms with Gasteiger partial charge in [-0.25, -0.2) is 0 Å². The highest BCUT2D eigenvalue weighted by Crippen LogP contribution is 2.34. The number of hydrogen-bond donors (Lipinski definition) is 1. The zero-order valence-electron chi connectivity index (χ0n) is 13.4. The van der Waals surface area contributed by atoms with Crippen LogP contribution >= 0.6 is 0 Å². The molecule has 2 heteroatoms. The van der Waals surface area contributed by atoms with Gasteiger partial charge >= 0.3 is 0 Å². The Labute approximate surface area is 123 Å². The Hall–Kier alpha value is -0.860. The van der Waals surface area contributed by atoms with Crippen LogP contribution in [-0.4, -0.2) is 19.3 Å². The van der Waals surface area contributed by atoms with Crippen molar-refractivity contribution in [1.82, 2.24) is 5.32 Å². The molecule has 1 aromatic rings. The van der Waals surface area contributed by atoms with E-state index in [2.05, 4.69) is 56.4 Å². The van der Waals surface area contributed by atoms with E-state index < -0.39 is 0 Å². The second-order valence-electron chi connectivity index (χ2n) is 7.10. The molecule has 2 nitrogen and oxygen atoms in total. The lowest BCUT2D eigenvalue weighted by molar-refractivity contribution is 0.0531. The van der Waals surface area contributed by atoms with E-state index in [1.807, 2.05) is 7.11 Å². The molecule has 112 valence electrons. The maximum Gasteiger partial charge on any atom is 0.0586 e. The Bertz CT molecular complexity index is 396. The van der Waals surface area contributed by atoms with Crippen LogP contribution in [0.15, 0.2) is 30.3 Å². The Kier molecular flexibility index (Phi) is 5.22. The van der Waals surface area contributed by atoms with Gasteiger partial charge in [0.1, 0.15) is 0 Å². The summed E-state index contributed by atoms with van der Waals surface area (Å²) >= 11 is 0. The molecule has 0 saturated heterocycles. The molecule has 0 heterocycles. The molecular weight excluding hydrogens is 246 g/mol. The number of methoxy groups -OCH3 is 1. The predicted octanol–water partition coefficient (Wildman–Crippen LogP) is 4.32. The average molecular weight is 275 g/mol. The van der Waals surface area contributed by atoms with E-state index in [9.17, 15) is 0 Å². The minimum atomic E-state index is 0.210. The van der Waals surface area contributed by atoms with Crippen molar-refractivity contribution in [3.63, 3.8) is 0 Å². The lowest BCUT2D eigenvalue weighted by Crippen LogP contribution is -2.43. The van der Waals surface area contributed by atoms with Crippen LogP contribution < -0.4 is 5.32 Å². The van der Waals surface area contributed by atoms with Gasteiger partial charge < -0.3 is 10.1 Å². The van der Waals surface area contributed by atoms with Crippen molar-refractivity contribution >= 4 is 0 Å². The van der Waals surface area contributed by atoms with E-state index in [-0.39, 0.29) is 5.41 Å². The van der Waals surface area contributed by atoms with Crippen LogP contribution in [0.3, 0.4) is 0 Å². The monoisotopic (exact) mass is 275 g/mol. The average Bonchev–Trinajstić information content (AvgIpc) is 2.45. The van der Waals surface area contributed by atoms with E-state index in [0.717, 1.165) is 6.42 Å². The van der Waals surface area contributed by atoms with Crippen LogP contribution in [0.25, 0.3) is 0 Å². The van der Waals surface area contributed by atoms with Gasteiger partial charge in [0.25, 0.3) is 0 Å². The van der Waals surface area contributed by atoms with Crippen molar-refractivity contribution < 1.29 is 4.74 Å². The second-order valence-corrected chi connectivity index (χ2v) is 7.10. The maximum absolute atomic E-state index is 5.55. The zero-order chi connectivity index (χ0) is 14.6. The van der Waals surface area contributed by atoms with Gasteiger partial charge in [0.15, 0.2) is 0 Å². The fraction of sp³-hybridized carbons (Fsp3) is 0.667. The SMILES string of the molecule is COC1CCCC(NC(c2ccccc2)C(C)(C)C)C1. The van der Waals surface area contributed by atoms with Gasteiger partial charge in [-0.1, -0.05) is 51.1 Å². The van der Waals surface area contributed by atoms with Gasteiger partial charge in [-0.2, -0.15) is 0 Å². The first kappa shape index (κ1) is 15.5. The number of nitrogens with one attached hydrogen (secondary N) is 1. The molecule has 0 aliphatic heterocycles. The van der Waals surface area contributed by atoms with Crippen molar-refractivity contribution in [2.75, 3.05) is 7.11 Å². The molecule has 3 unspecified atom stereocenters. The topological polar surface area (TPSA) is 21.3 Å². The molecule has 1 aliphatic carbocycles. The van der Waals surface area contributed by atoms with Crippen molar-refractivity contribution in [1.29, 1.82) is 0 Å².